The fourth-order valence-electron chi connectivity index (χ4n) is 7.52. The topological polar surface area (TPSA) is 25.8 Å². The summed E-state index contributed by atoms with van der Waals surface area (Å²) >= 11 is 0. The number of pyridine rings is 2. The molecule has 0 radical (unpaired) electrons. The van der Waals surface area contributed by atoms with Gasteiger partial charge in [-0.25, -0.2) is 4.98 Å². The molecule has 0 aliphatic heterocycles. The lowest BCUT2D eigenvalue weighted by atomic mass is 9.80. The van der Waals surface area contributed by atoms with E-state index in [0.29, 0.717) is 0 Å². The van der Waals surface area contributed by atoms with Gasteiger partial charge in [-0.1, -0.05) is 121 Å². The fraction of sp³-hybridized carbons (Fsp3) is 0.0833. The van der Waals surface area contributed by atoms with Crippen molar-refractivity contribution in [2.45, 2.75) is 25.7 Å². The van der Waals surface area contributed by atoms with Crippen molar-refractivity contribution in [3.05, 3.63) is 180 Å². The maximum absolute atomic E-state index is 5.18. The SMILES string of the molecule is C1=Cc2cc(-c3cc(-c4cc(-c5ccccc5)nc(-c5ccccc5)c4)cc(-c4ccc(-c5ccccc5)cn4)c3)c3c(c2CC1)CCC=C3. The first kappa shape index (κ1) is 30.0. The Labute approximate surface area is 294 Å². The smallest absolute Gasteiger partial charge is 0.0715 e. The molecule has 50 heavy (non-hydrogen) atoms. The zero-order chi connectivity index (χ0) is 33.3. The van der Waals surface area contributed by atoms with E-state index in [2.05, 4.69) is 158 Å². The molecule has 0 bridgehead atoms. The Morgan fingerprint density at radius 1 is 0.400 bits per heavy atom. The highest BCUT2D eigenvalue weighted by molar-refractivity contribution is 5.88. The van der Waals surface area contributed by atoms with Crippen LogP contribution in [0.5, 0.6) is 0 Å². The average Bonchev–Trinajstić information content (AvgIpc) is 3.21. The molecule has 0 unspecified atom stereocenters. The van der Waals surface area contributed by atoms with Crippen LogP contribution in [0.15, 0.2) is 158 Å². The van der Waals surface area contributed by atoms with Crippen LogP contribution in [0.3, 0.4) is 0 Å². The average molecular weight is 641 g/mol. The van der Waals surface area contributed by atoms with E-state index < -0.39 is 0 Å². The molecule has 2 nitrogen and oxygen atoms in total. The molecule has 238 valence electrons. The van der Waals surface area contributed by atoms with Crippen molar-refractivity contribution in [1.82, 2.24) is 9.97 Å². The Balaban J connectivity index is 1.26. The highest BCUT2D eigenvalue weighted by atomic mass is 14.7. The molecular weight excluding hydrogens is 605 g/mol. The summed E-state index contributed by atoms with van der Waals surface area (Å²) in [5, 5.41) is 0. The van der Waals surface area contributed by atoms with Crippen LogP contribution in [-0.4, -0.2) is 9.97 Å². The van der Waals surface area contributed by atoms with Gasteiger partial charge in [0.1, 0.15) is 0 Å². The number of benzene rings is 5. The molecule has 0 spiro atoms. The molecule has 5 aromatic carbocycles. The van der Waals surface area contributed by atoms with Gasteiger partial charge in [-0.15, -0.1) is 0 Å². The van der Waals surface area contributed by atoms with Crippen molar-refractivity contribution in [2.24, 2.45) is 0 Å². The summed E-state index contributed by atoms with van der Waals surface area (Å²) in [5.74, 6) is 0. The van der Waals surface area contributed by atoms with Crippen molar-refractivity contribution in [1.29, 1.82) is 0 Å². The standard InChI is InChI=1S/C48H36N2/c1-4-14-33(15-5-1)37-24-25-46(49-32-37)41-27-38(26-40(28-41)45-29-36-20-10-11-21-42(36)43-22-12-13-23-44(43)45)39-30-47(34-16-6-2-7-17-34)50-48(31-39)35-18-8-3-9-19-35/h1-10,13-20,23-32H,11-12,21-22H2. The first-order valence-electron chi connectivity index (χ1n) is 17.6. The monoisotopic (exact) mass is 640 g/mol. The fourth-order valence-corrected chi connectivity index (χ4v) is 7.52. The Kier molecular flexibility index (Phi) is 7.83. The van der Waals surface area contributed by atoms with Gasteiger partial charge in [0.05, 0.1) is 17.1 Å². The quantitative estimate of drug-likeness (QED) is 0.181. The molecule has 0 saturated carbocycles. The van der Waals surface area contributed by atoms with Crippen molar-refractivity contribution in [3.63, 3.8) is 0 Å². The van der Waals surface area contributed by atoms with Crippen LogP contribution in [0.1, 0.15) is 35.1 Å². The van der Waals surface area contributed by atoms with Crippen LogP contribution in [0.2, 0.25) is 0 Å². The molecule has 0 saturated heterocycles. The van der Waals surface area contributed by atoms with Crippen LogP contribution >= 0.6 is 0 Å². The summed E-state index contributed by atoms with van der Waals surface area (Å²) in [6.07, 6.45) is 15.8. The minimum absolute atomic E-state index is 0.954. The van der Waals surface area contributed by atoms with Gasteiger partial charge in [-0.05, 0) is 118 Å². The molecular formula is C48H36N2. The van der Waals surface area contributed by atoms with E-state index in [1.54, 1.807) is 0 Å². The molecule has 0 N–H and O–H groups in total. The van der Waals surface area contributed by atoms with Crippen molar-refractivity contribution in [2.75, 3.05) is 0 Å². The van der Waals surface area contributed by atoms with E-state index >= 15 is 0 Å². The van der Waals surface area contributed by atoms with Gasteiger partial charge in [0.2, 0.25) is 0 Å². The molecule has 2 aromatic heterocycles. The predicted octanol–water partition coefficient (Wildman–Crippen LogP) is 12.4. The summed E-state index contributed by atoms with van der Waals surface area (Å²) in [6, 6.07) is 49.7. The molecule has 2 aliphatic rings. The normalized spacial score (nSPS) is 13.1. The lowest BCUT2D eigenvalue weighted by molar-refractivity contribution is 0.906. The molecule has 2 aliphatic carbocycles. The molecule has 7 aromatic rings. The minimum atomic E-state index is 0.954. The second-order valence-corrected chi connectivity index (χ2v) is 13.2. The Bertz CT molecular complexity index is 2330. The summed E-state index contributed by atoms with van der Waals surface area (Å²) in [4.78, 5) is 10.2. The number of aromatic nitrogens is 2. The summed E-state index contributed by atoms with van der Waals surface area (Å²) in [6.45, 7) is 0. The van der Waals surface area contributed by atoms with E-state index in [1.165, 1.54) is 38.9 Å². The van der Waals surface area contributed by atoms with E-state index in [9.17, 15) is 0 Å². The van der Waals surface area contributed by atoms with Crippen molar-refractivity contribution < 1.29 is 0 Å². The lowest BCUT2D eigenvalue weighted by Gasteiger charge is -2.24. The van der Waals surface area contributed by atoms with Crippen LogP contribution in [0, 0.1) is 0 Å². The van der Waals surface area contributed by atoms with Gasteiger partial charge in [0.25, 0.3) is 0 Å². The van der Waals surface area contributed by atoms with Gasteiger partial charge in [0, 0.05) is 28.5 Å². The molecule has 0 atom stereocenters. The van der Waals surface area contributed by atoms with E-state index in [4.69, 9.17) is 9.97 Å². The molecule has 0 fully saturated rings. The first-order valence-corrected chi connectivity index (χ1v) is 17.6. The third-order valence-corrected chi connectivity index (χ3v) is 10.0. The number of allylic oxidation sites excluding steroid dienone is 2. The highest BCUT2D eigenvalue weighted by Crippen LogP contribution is 2.41. The van der Waals surface area contributed by atoms with Crippen molar-refractivity contribution >= 4 is 12.2 Å². The number of hydrogen-bond acceptors (Lipinski definition) is 2. The van der Waals surface area contributed by atoms with Crippen LogP contribution < -0.4 is 0 Å². The van der Waals surface area contributed by atoms with Gasteiger partial charge < -0.3 is 0 Å². The maximum Gasteiger partial charge on any atom is 0.0715 e. The van der Waals surface area contributed by atoms with Gasteiger partial charge in [-0.3, -0.25) is 4.98 Å². The number of fused-ring (bicyclic) bond motifs is 3. The molecule has 9 rings (SSSR count). The van der Waals surface area contributed by atoms with Gasteiger partial charge >= 0.3 is 0 Å². The largest absolute Gasteiger partial charge is 0.256 e. The van der Waals surface area contributed by atoms with Gasteiger partial charge in [0.15, 0.2) is 0 Å². The van der Waals surface area contributed by atoms with Crippen LogP contribution in [-0.2, 0) is 12.8 Å². The second-order valence-electron chi connectivity index (χ2n) is 13.2. The molecule has 2 heteroatoms. The second kappa shape index (κ2) is 13.1. The molecule has 0 amide bonds. The lowest BCUT2D eigenvalue weighted by Crippen LogP contribution is -2.07. The van der Waals surface area contributed by atoms with E-state index in [1.807, 2.05) is 12.3 Å². The number of nitrogens with zero attached hydrogens (tertiary/aromatic N) is 2. The van der Waals surface area contributed by atoms with Crippen LogP contribution in [0.4, 0.5) is 0 Å². The number of hydrogen-bond donors (Lipinski definition) is 0. The minimum Gasteiger partial charge on any atom is -0.256 e. The van der Waals surface area contributed by atoms with E-state index in [0.717, 1.165) is 76.1 Å². The summed E-state index contributed by atoms with van der Waals surface area (Å²) in [7, 11) is 0. The summed E-state index contributed by atoms with van der Waals surface area (Å²) in [5.41, 5.74) is 19.0. The maximum atomic E-state index is 5.18. The van der Waals surface area contributed by atoms with Crippen LogP contribution in [0.25, 0.3) is 79.3 Å². The van der Waals surface area contributed by atoms with Gasteiger partial charge in [-0.2, -0.15) is 0 Å². The van der Waals surface area contributed by atoms with E-state index in [-0.39, 0.29) is 0 Å². The first-order chi connectivity index (χ1) is 24.8. The Morgan fingerprint density at radius 2 is 0.980 bits per heavy atom. The highest BCUT2D eigenvalue weighted by Gasteiger charge is 2.21. The molecule has 2 heterocycles. The Morgan fingerprint density at radius 3 is 1.64 bits per heavy atom. The summed E-state index contributed by atoms with van der Waals surface area (Å²) < 4.78 is 0. The zero-order valence-corrected chi connectivity index (χ0v) is 27.9. The third-order valence-electron chi connectivity index (χ3n) is 10.0. The third kappa shape index (κ3) is 5.80. The number of rotatable bonds is 6. The van der Waals surface area contributed by atoms with Crippen molar-refractivity contribution in [3.8, 4) is 67.2 Å². The predicted molar refractivity (Wildman–Crippen MR) is 209 cm³/mol. The zero-order valence-electron chi connectivity index (χ0n) is 27.9. The Hall–Kier alpha value is -6.12.